The van der Waals surface area contributed by atoms with Gasteiger partial charge in [-0.2, -0.15) is 13.2 Å². The van der Waals surface area contributed by atoms with E-state index in [0.29, 0.717) is 5.56 Å². The minimum atomic E-state index is -4.17. The number of hydrogen-bond donors (Lipinski definition) is 1. The predicted molar refractivity (Wildman–Crippen MR) is 70.4 cm³/mol. The Kier molecular flexibility index (Phi) is 4.54. The van der Waals surface area contributed by atoms with E-state index in [1.807, 2.05) is 0 Å². The number of benzene rings is 1. The first-order valence-corrected chi connectivity index (χ1v) is 6.91. The molecule has 0 bridgehead atoms. The molecular weight excluding hydrogens is 286 g/mol. The van der Waals surface area contributed by atoms with Crippen molar-refractivity contribution in [1.29, 1.82) is 0 Å². The molecule has 116 valence electrons. The molecule has 0 unspecified atom stereocenters. The summed E-state index contributed by atoms with van der Waals surface area (Å²) in [5.74, 6) is -2.44. The van der Waals surface area contributed by atoms with Gasteiger partial charge in [-0.1, -0.05) is 12.1 Å². The maximum absolute atomic E-state index is 13.8. The molecular formula is C15H17F4NO. The summed E-state index contributed by atoms with van der Waals surface area (Å²) in [5.41, 5.74) is 0.302. The Bertz CT molecular complexity index is 519. The zero-order valence-corrected chi connectivity index (χ0v) is 11.6. The van der Waals surface area contributed by atoms with Crippen molar-refractivity contribution >= 4 is 5.91 Å². The highest BCUT2D eigenvalue weighted by Crippen LogP contribution is 2.37. The lowest BCUT2D eigenvalue weighted by molar-refractivity contribution is -0.182. The molecule has 0 atom stereocenters. The molecule has 1 aliphatic rings. The van der Waals surface area contributed by atoms with E-state index >= 15 is 0 Å². The van der Waals surface area contributed by atoms with Gasteiger partial charge in [0.25, 0.3) is 5.91 Å². The van der Waals surface area contributed by atoms with E-state index < -0.39 is 23.8 Å². The number of halogens is 4. The molecule has 1 amide bonds. The first-order valence-electron chi connectivity index (χ1n) is 6.91. The van der Waals surface area contributed by atoms with E-state index in [4.69, 9.17) is 0 Å². The maximum atomic E-state index is 13.8. The van der Waals surface area contributed by atoms with Crippen LogP contribution in [0.15, 0.2) is 18.2 Å². The third kappa shape index (κ3) is 3.74. The van der Waals surface area contributed by atoms with E-state index in [-0.39, 0.29) is 37.3 Å². The van der Waals surface area contributed by atoms with Crippen molar-refractivity contribution in [1.82, 2.24) is 5.32 Å². The predicted octanol–water partition coefficient (Wildman–Crippen LogP) is 3.99. The van der Waals surface area contributed by atoms with Crippen LogP contribution < -0.4 is 5.32 Å². The summed E-state index contributed by atoms with van der Waals surface area (Å²) in [6, 6.07) is 4.18. The second-order valence-electron chi connectivity index (χ2n) is 5.50. The van der Waals surface area contributed by atoms with Crippen LogP contribution in [0.5, 0.6) is 0 Å². The van der Waals surface area contributed by atoms with Crippen LogP contribution in [0.3, 0.4) is 0 Å². The smallest absolute Gasteiger partial charge is 0.349 e. The molecule has 2 rings (SSSR count). The standard InChI is InChI=1S/C15H17F4NO/c1-9-3-2-4-12(13(9)16)14(21)20-11-7-5-10(6-8-11)15(17,18)19/h2-4,10-11H,5-8H2,1H3,(H,20,21). The molecule has 1 fully saturated rings. The average Bonchev–Trinajstić information content (AvgIpc) is 2.41. The Labute approximate surface area is 120 Å². The Balaban J connectivity index is 1.95. The van der Waals surface area contributed by atoms with Gasteiger partial charge in [-0.3, -0.25) is 4.79 Å². The first-order chi connectivity index (χ1) is 9.79. The largest absolute Gasteiger partial charge is 0.391 e. The molecule has 1 saturated carbocycles. The Morgan fingerprint density at radius 1 is 1.19 bits per heavy atom. The van der Waals surface area contributed by atoms with Gasteiger partial charge in [0.15, 0.2) is 0 Å². The topological polar surface area (TPSA) is 29.1 Å². The van der Waals surface area contributed by atoms with Crippen molar-refractivity contribution in [2.75, 3.05) is 0 Å². The first kappa shape index (κ1) is 15.8. The van der Waals surface area contributed by atoms with Gasteiger partial charge in [0, 0.05) is 6.04 Å². The van der Waals surface area contributed by atoms with Crippen molar-refractivity contribution in [3.8, 4) is 0 Å². The third-order valence-corrected chi connectivity index (χ3v) is 3.96. The van der Waals surface area contributed by atoms with Gasteiger partial charge in [0.05, 0.1) is 11.5 Å². The van der Waals surface area contributed by atoms with E-state index in [0.717, 1.165) is 0 Å². The Morgan fingerprint density at radius 3 is 2.38 bits per heavy atom. The second kappa shape index (κ2) is 6.03. The molecule has 1 aliphatic carbocycles. The van der Waals surface area contributed by atoms with E-state index in [1.54, 1.807) is 19.1 Å². The quantitative estimate of drug-likeness (QED) is 0.823. The van der Waals surface area contributed by atoms with E-state index in [2.05, 4.69) is 5.32 Å². The summed E-state index contributed by atoms with van der Waals surface area (Å²) in [6.45, 7) is 1.56. The highest BCUT2D eigenvalue weighted by molar-refractivity contribution is 5.94. The SMILES string of the molecule is Cc1cccc(C(=O)NC2CCC(C(F)(F)F)CC2)c1F. The van der Waals surface area contributed by atoms with E-state index in [1.165, 1.54) is 6.07 Å². The number of nitrogens with one attached hydrogen (secondary N) is 1. The van der Waals surface area contributed by atoms with Gasteiger partial charge < -0.3 is 5.32 Å². The summed E-state index contributed by atoms with van der Waals surface area (Å²) in [4.78, 5) is 12.0. The van der Waals surface area contributed by atoms with Crippen LogP contribution in [0.1, 0.15) is 41.6 Å². The molecule has 1 aromatic carbocycles. The fraction of sp³-hybridized carbons (Fsp3) is 0.533. The zero-order valence-electron chi connectivity index (χ0n) is 11.6. The van der Waals surface area contributed by atoms with Crippen molar-refractivity contribution in [2.45, 2.75) is 44.8 Å². The molecule has 0 aromatic heterocycles. The second-order valence-corrected chi connectivity index (χ2v) is 5.50. The fourth-order valence-electron chi connectivity index (χ4n) is 2.65. The number of amides is 1. The number of carbonyl (C=O) groups is 1. The lowest BCUT2D eigenvalue weighted by Crippen LogP contribution is -2.40. The van der Waals surface area contributed by atoms with Crippen molar-refractivity contribution in [3.63, 3.8) is 0 Å². The molecule has 2 nitrogen and oxygen atoms in total. The van der Waals surface area contributed by atoms with Gasteiger partial charge in [0.1, 0.15) is 5.82 Å². The van der Waals surface area contributed by atoms with Crippen molar-refractivity contribution in [3.05, 3.63) is 35.1 Å². The monoisotopic (exact) mass is 303 g/mol. The fourth-order valence-corrected chi connectivity index (χ4v) is 2.65. The summed E-state index contributed by atoms with van der Waals surface area (Å²) < 4.78 is 51.5. The number of alkyl halides is 3. The van der Waals surface area contributed by atoms with Gasteiger partial charge in [-0.25, -0.2) is 4.39 Å². The molecule has 0 heterocycles. The Hall–Kier alpha value is -1.59. The molecule has 21 heavy (non-hydrogen) atoms. The molecule has 0 aliphatic heterocycles. The number of carbonyl (C=O) groups excluding carboxylic acids is 1. The van der Waals surface area contributed by atoms with Crippen molar-refractivity contribution < 1.29 is 22.4 Å². The maximum Gasteiger partial charge on any atom is 0.391 e. The molecule has 0 radical (unpaired) electrons. The molecule has 1 aromatic rings. The normalized spacial score (nSPS) is 22.9. The van der Waals surface area contributed by atoms with Gasteiger partial charge in [0.2, 0.25) is 0 Å². The molecule has 1 N–H and O–H groups in total. The molecule has 6 heteroatoms. The van der Waals surface area contributed by atoms with Gasteiger partial charge >= 0.3 is 6.18 Å². The minimum absolute atomic E-state index is 0.00471. The third-order valence-electron chi connectivity index (χ3n) is 3.96. The van der Waals surface area contributed by atoms with Crippen LogP contribution in [-0.2, 0) is 0 Å². The van der Waals surface area contributed by atoms with Crippen LogP contribution >= 0.6 is 0 Å². The van der Waals surface area contributed by atoms with Crippen molar-refractivity contribution in [2.24, 2.45) is 5.92 Å². The Morgan fingerprint density at radius 2 is 1.81 bits per heavy atom. The minimum Gasteiger partial charge on any atom is -0.349 e. The lowest BCUT2D eigenvalue weighted by Gasteiger charge is -2.30. The van der Waals surface area contributed by atoms with Crippen LogP contribution in [0.4, 0.5) is 17.6 Å². The number of rotatable bonds is 2. The molecule has 0 spiro atoms. The molecule has 0 saturated heterocycles. The highest BCUT2D eigenvalue weighted by atomic mass is 19.4. The van der Waals surface area contributed by atoms with E-state index in [9.17, 15) is 22.4 Å². The zero-order chi connectivity index (χ0) is 15.6. The summed E-state index contributed by atoms with van der Waals surface area (Å²) in [5, 5.41) is 2.63. The van der Waals surface area contributed by atoms with Crippen LogP contribution in [0, 0.1) is 18.7 Å². The highest BCUT2D eigenvalue weighted by Gasteiger charge is 2.41. The van der Waals surface area contributed by atoms with Crippen LogP contribution in [0.25, 0.3) is 0 Å². The van der Waals surface area contributed by atoms with Crippen LogP contribution in [0.2, 0.25) is 0 Å². The van der Waals surface area contributed by atoms with Gasteiger partial charge in [-0.05, 0) is 44.2 Å². The summed E-state index contributed by atoms with van der Waals surface area (Å²) in [7, 11) is 0. The lowest BCUT2D eigenvalue weighted by atomic mass is 9.85. The summed E-state index contributed by atoms with van der Waals surface area (Å²) in [6.07, 6.45) is -3.63. The van der Waals surface area contributed by atoms with Crippen LogP contribution in [-0.4, -0.2) is 18.1 Å². The average molecular weight is 303 g/mol. The number of hydrogen-bond acceptors (Lipinski definition) is 1. The number of aryl methyl sites for hydroxylation is 1. The summed E-state index contributed by atoms with van der Waals surface area (Å²) >= 11 is 0. The van der Waals surface area contributed by atoms with Gasteiger partial charge in [-0.15, -0.1) is 0 Å².